The summed E-state index contributed by atoms with van der Waals surface area (Å²) in [5.74, 6) is -3.44. The Bertz CT molecular complexity index is 927. The second-order valence-electron chi connectivity index (χ2n) is 6.61. The highest BCUT2D eigenvalue weighted by Crippen LogP contribution is 2.46. The summed E-state index contributed by atoms with van der Waals surface area (Å²) in [6.07, 6.45) is -2.45. The molecule has 29 heavy (non-hydrogen) atoms. The Hall–Kier alpha value is -2.96. The molecule has 1 fully saturated rings. The van der Waals surface area contributed by atoms with Crippen molar-refractivity contribution in [2.75, 3.05) is 11.9 Å². The summed E-state index contributed by atoms with van der Waals surface area (Å²) in [4.78, 5) is 62.8. The molecule has 1 aromatic heterocycles. The molecule has 2 rings (SSSR count). The highest BCUT2D eigenvalue weighted by molar-refractivity contribution is 5.98. The van der Waals surface area contributed by atoms with Crippen molar-refractivity contribution in [3.8, 4) is 0 Å². The molecule has 158 valence electrons. The van der Waals surface area contributed by atoms with Crippen LogP contribution in [0.15, 0.2) is 17.1 Å². The minimum absolute atomic E-state index is 0.0959. The molecule has 0 unspecified atom stereocenters. The van der Waals surface area contributed by atoms with Crippen LogP contribution in [-0.4, -0.2) is 67.1 Å². The SMILES string of the molecule is CC(=O)Nc1ccn([C@@H]2O[C@H](COC(C)=O)[C@](O)(C(C)=O)[C@]2(O)C(C)=O)c(=O)n1. The van der Waals surface area contributed by atoms with E-state index in [-0.39, 0.29) is 5.82 Å². The van der Waals surface area contributed by atoms with Crippen LogP contribution >= 0.6 is 0 Å². The zero-order valence-electron chi connectivity index (χ0n) is 16.2. The lowest BCUT2D eigenvalue weighted by molar-refractivity contribution is -0.182. The molecule has 1 aliphatic heterocycles. The van der Waals surface area contributed by atoms with E-state index in [1.54, 1.807) is 0 Å². The first-order valence-electron chi connectivity index (χ1n) is 8.48. The number of ketones is 2. The van der Waals surface area contributed by atoms with Crippen LogP contribution < -0.4 is 11.0 Å². The van der Waals surface area contributed by atoms with Crippen molar-refractivity contribution < 1.29 is 38.9 Å². The van der Waals surface area contributed by atoms with Crippen LogP contribution in [0.4, 0.5) is 5.82 Å². The lowest BCUT2D eigenvalue weighted by Gasteiger charge is -2.37. The van der Waals surface area contributed by atoms with Crippen molar-refractivity contribution in [1.82, 2.24) is 9.55 Å². The van der Waals surface area contributed by atoms with Crippen LogP contribution in [0.1, 0.15) is 33.9 Å². The van der Waals surface area contributed by atoms with Crippen LogP contribution in [-0.2, 0) is 28.7 Å². The van der Waals surface area contributed by atoms with Gasteiger partial charge in [-0.15, -0.1) is 0 Å². The third-order valence-corrected chi connectivity index (χ3v) is 4.60. The molecule has 0 bridgehead atoms. The smallest absolute Gasteiger partial charge is 0.351 e. The van der Waals surface area contributed by atoms with Gasteiger partial charge in [0.2, 0.25) is 11.5 Å². The maximum Gasteiger partial charge on any atom is 0.351 e. The van der Waals surface area contributed by atoms with Crippen molar-refractivity contribution in [2.45, 2.75) is 51.2 Å². The van der Waals surface area contributed by atoms with Gasteiger partial charge in [0.15, 0.2) is 23.4 Å². The predicted molar refractivity (Wildman–Crippen MR) is 94.6 cm³/mol. The maximum absolute atomic E-state index is 12.4. The van der Waals surface area contributed by atoms with Crippen molar-refractivity contribution in [3.63, 3.8) is 0 Å². The van der Waals surface area contributed by atoms with E-state index in [9.17, 15) is 34.2 Å². The molecule has 1 aromatic rings. The summed E-state index contributed by atoms with van der Waals surface area (Å²) in [5.41, 5.74) is -6.74. The number of nitrogens with one attached hydrogen (secondary N) is 1. The summed E-state index contributed by atoms with van der Waals surface area (Å²) in [6.45, 7) is 3.44. The summed E-state index contributed by atoms with van der Waals surface area (Å²) in [6, 6.07) is 1.19. The van der Waals surface area contributed by atoms with Gasteiger partial charge in [-0.3, -0.25) is 23.7 Å². The maximum atomic E-state index is 12.4. The molecule has 4 atom stereocenters. The minimum Gasteiger partial charge on any atom is -0.463 e. The molecule has 1 amide bonds. The van der Waals surface area contributed by atoms with Gasteiger partial charge in [0, 0.05) is 20.0 Å². The number of amides is 1. The average Bonchev–Trinajstić information content (AvgIpc) is 2.83. The van der Waals surface area contributed by atoms with E-state index in [0.29, 0.717) is 4.57 Å². The van der Waals surface area contributed by atoms with E-state index >= 15 is 0 Å². The van der Waals surface area contributed by atoms with E-state index in [1.807, 2.05) is 0 Å². The number of anilines is 1. The fraction of sp³-hybridized carbons (Fsp3) is 0.529. The lowest BCUT2D eigenvalue weighted by atomic mass is 9.75. The first kappa shape index (κ1) is 22.3. The number of nitrogens with zero attached hydrogens (tertiary/aromatic N) is 2. The Balaban J connectivity index is 2.60. The fourth-order valence-electron chi connectivity index (χ4n) is 3.18. The molecule has 2 heterocycles. The van der Waals surface area contributed by atoms with E-state index < -0.39 is 59.3 Å². The van der Waals surface area contributed by atoms with Gasteiger partial charge < -0.3 is 25.0 Å². The first-order chi connectivity index (χ1) is 13.4. The number of aliphatic hydroxyl groups is 2. The molecule has 0 spiro atoms. The van der Waals surface area contributed by atoms with Gasteiger partial charge >= 0.3 is 11.7 Å². The number of hydrogen-bond acceptors (Lipinski definition) is 10. The highest BCUT2D eigenvalue weighted by atomic mass is 16.6. The summed E-state index contributed by atoms with van der Waals surface area (Å²) in [7, 11) is 0. The number of hydrogen-bond donors (Lipinski definition) is 3. The Morgan fingerprint density at radius 3 is 2.21 bits per heavy atom. The Morgan fingerprint density at radius 2 is 1.76 bits per heavy atom. The normalized spacial score (nSPS) is 28.6. The quantitative estimate of drug-likeness (QED) is 0.458. The number of Topliss-reactive ketones (excluding diaryl/α,β-unsaturated/α-hetero) is 2. The summed E-state index contributed by atoms with van der Waals surface area (Å²) in [5, 5.41) is 24.4. The minimum atomic E-state index is -2.88. The van der Waals surface area contributed by atoms with Crippen molar-refractivity contribution in [1.29, 1.82) is 0 Å². The highest BCUT2D eigenvalue weighted by Gasteiger charge is 2.72. The Kier molecular flexibility index (Phi) is 6.02. The van der Waals surface area contributed by atoms with Crippen molar-refractivity contribution in [2.24, 2.45) is 0 Å². The second kappa shape index (κ2) is 7.81. The second-order valence-corrected chi connectivity index (χ2v) is 6.61. The van der Waals surface area contributed by atoms with Gasteiger partial charge in [-0.05, 0) is 19.9 Å². The van der Waals surface area contributed by atoms with E-state index in [1.165, 1.54) is 13.0 Å². The number of esters is 1. The largest absolute Gasteiger partial charge is 0.463 e. The zero-order chi connectivity index (χ0) is 22.1. The van der Waals surface area contributed by atoms with Gasteiger partial charge in [0.25, 0.3) is 0 Å². The molecular formula is C17H21N3O9. The van der Waals surface area contributed by atoms with Crippen LogP contribution in [0.25, 0.3) is 0 Å². The van der Waals surface area contributed by atoms with Crippen molar-refractivity contribution in [3.05, 3.63) is 22.7 Å². The predicted octanol–water partition coefficient (Wildman–Crippen LogP) is -1.70. The first-order valence-corrected chi connectivity index (χ1v) is 8.48. The molecular weight excluding hydrogens is 390 g/mol. The van der Waals surface area contributed by atoms with Crippen LogP contribution in [0.3, 0.4) is 0 Å². The number of carbonyl (C=O) groups is 4. The number of aromatic nitrogens is 2. The van der Waals surface area contributed by atoms with E-state index in [4.69, 9.17) is 9.47 Å². The van der Waals surface area contributed by atoms with Gasteiger partial charge in [-0.25, -0.2) is 4.79 Å². The lowest BCUT2D eigenvalue weighted by Crippen LogP contribution is -2.66. The molecule has 3 N–H and O–H groups in total. The van der Waals surface area contributed by atoms with E-state index in [0.717, 1.165) is 27.0 Å². The monoisotopic (exact) mass is 411 g/mol. The standard InChI is InChI=1S/C17H21N3O9/c1-8(21)16(26)12(7-28-11(4)24)29-14(17(16,27)9(2)22)20-6-5-13(18-10(3)23)19-15(20)25/h5-6,12,14,26-27H,7H2,1-4H3,(H,18,19,23,25)/t12-,14-,16-,17+/m1/s1. The molecule has 0 aliphatic carbocycles. The zero-order valence-corrected chi connectivity index (χ0v) is 16.2. The molecule has 0 saturated carbocycles. The summed E-state index contributed by atoms with van der Waals surface area (Å²) < 4.78 is 10.9. The third-order valence-electron chi connectivity index (χ3n) is 4.60. The molecule has 0 radical (unpaired) electrons. The van der Waals surface area contributed by atoms with Gasteiger partial charge in [0.05, 0.1) is 0 Å². The van der Waals surface area contributed by atoms with E-state index in [2.05, 4.69) is 10.3 Å². The third kappa shape index (κ3) is 3.69. The molecule has 12 heteroatoms. The molecule has 12 nitrogen and oxygen atoms in total. The van der Waals surface area contributed by atoms with Crippen LogP contribution in [0, 0.1) is 0 Å². The average molecular weight is 411 g/mol. The van der Waals surface area contributed by atoms with Crippen LogP contribution in [0.2, 0.25) is 0 Å². The van der Waals surface area contributed by atoms with Gasteiger partial charge in [-0.2, -0.15) is 4.98 Å². The molecule has 0 aromatic carbocycles. The van der Waals surface area contributed by atoms with Crippen LogP contribution in [0.5, 0.6) is 0 Å². The van der Waals surface area contributed by atoms with Gasteiger partial charge in [0.1, 0.15) is 18.5 Å². The number of ether oxygens (including phenoxy) is 2. The number of rotatable bonds is 6. The molecule has 1 saturated heterocycles. The summed E-state index contributed by atoms with van der Waals surface area (Å²) >= 11 is 0. The fourth-order valence-corrected chi connectivity index (χ4v) is 3.18. The Labute approximate surface area is 164 Å². The van der Waals surface area contributed by atoms with Crippen molar-refractivity contribution >= 4 is 29.3 Å². The number of carbonyl (C=O) groups excluding carboxylic acids is 4. The van der Waals surface area contributed by atoms with Gasteiger partial charge in [-0.1, -0.05) is 0 Å². The topological polar surface area (TPSA) is 174 Å². The Morgan fingerprint density at radius 1 is 1.17 bits per heavy atom. The molecule has 1 aliphatic rings.